The zero-order valence-electron chi connectivity index (χ0n) is 8.19. The largest absolute Gasteiger partial charge is 0.381 e. The third kappa shape index (κ3) is 2.05. The lowest BCUT2D eigenvalue weighted by molar-refractivity contribution is 0.583. The summed E-state index contributed by atoms with van der Waals surface area (Å²) in [6, 6.07) is 0. The average molecular weight is 218 g/mol. The first kappa shape index (κ1) is 11.0. The molecule has 1 aromatic heterocycles. The molecule has 0 spiro atoms. The molecule has 0 unspecified atom stereocenters. The van der Waals surface area contributed by atoms with E-state index < -0.39 is 10.0 Å². The van der Waals surface area contributed by atoms with Crippen LogP contribution in [0.5, 0.6) is 0 Å². The summed E-state index contributed by atoms with van der Waals surface area (Å²) in [4.78, 5) is 0.0428. The van der Waals surface area contributed by atoms with E-state index in [4.69, 9.17) is 5.73 Å². The van der Waals surface area contributed by atoms with E-state index >= 15 is 0 Å². The highest BCUT2D eigenvalue weighted by molar-refractivity contribution is 7.89. The summed E-state index contributed by atoms with van der Waals surface area (Å²) in [6.07, 6.45) is 1.42. The van der Waals surface area contributed by atoms with Crippen molar-refractivity contribution in [1.82, 2.24) is 14.5 Å². The molecule has 6 nitrogen and oxygen atoms in total. The minimum atomic E-state index is -3.49. The number of hydrogen-bond donors (Lipinski definition) is 2. The van der Waals surface area contributed by atoms with Crippen LogP contribution < -0.4 is 10.5 Å². The number of rotatable bonds is 4. The molecule has 1 heterocycles. The van der Waals surface area contributed by atoms with Gasteiger partial charge in [-0.1, -0.05) is 6.92 Å². The summed E-state index contributed by atoms with van der Waals surface area (Å²) in [7, 11) is -3.49. The van der Waals surface area contributed by atoms with Gasteiger partial charge in [0.25, 0.3) is 0 Å². The molecule has 14 heavy (non-hydrogen) atoms. The Kier molecular flexibility index (Phi) is 3.12. The number of nitrogens with zero attached hydrogens (tertiary/aromatic N) is 2. The summed E-state index contributed by atoms with van der Waals surface area (Å²) in [5.74, 6) is 0.0350. The monoisotopic (exact) mass is 218 g/mol. The molecule has 80 valence electrons. The van der Waals surface area contributed by atoms with Crippen LogP contribution in [-0.4, -0.2) is 24.7 Å². The SMILES string of the molecule is CCNS(=O)(=O)c1cn(CC)nc1N. The molecule has 0 aliphatic heterocycles. The van der Waals surface area contributed by atoms with Gasteiger partial charge < -0.3 is 5.73 Å². The molecule has 1 aromatic rings. The number of aryl methyl sites for hydroxylation is 1. The van der Waals surface area contributed by atoms with Gasteiger partial charge in [0.15, 0.2) is 5.82 Å². The Hall–Kier alpha value is -1.08. The standard InChI is InChI=1S/C7H14N4O2S/c1-3-9-14(12,13)6-5-11(4-2)10-7(6)8/h5,9H,3-4H2,1-2H3,(H2,8,10). The van der Waals surface area contributed by atoms with Crippen molar-refractivity contribution in [1.29, 1.82) is 0 Å². The first-order valence-electron chi connectivity index (χ1n) is 4.33. The predicted molar refractivity (Wildman–Crippen MR) is 53.2 cm³/mol. The van der Waals surface area contributed by atoms with Crippen LogP contribution in [0.15, 0.2) is 11.1 Å². The maximum Gasteiger partial charge on any atom is 0.245 e. The minimum absolute atomic E-state index is 0.0350. The van der Waals surface area contributed by atoms with Gasteiger partial charge in [0.1, 0.15) is 4.90 Å². The van der Waals surface area contributed by atoms with Gasteiger partial charge in [0.2, 0.25) is 10.0 Å². The number of hydrogen-bond acceptors (Lipinski definition) is 4. The van der Waals surface area contributed by atoms with Gasteiger partial charge in [-0.05, 0) is 6.92 Å². The van der Waals surface area contributed by atoms with E-state index in [9.17, 15) is 8.42 Å². The summed E-state index contributed by atoms with van der Waals surface area (Å²) >= 11 is 0. The van der Waals surface area contributed by atoms with Crippen LogP contribution in [0.2, 0.25) is 0 Å². The molecule has 0 aromatic carbocycles. The summed E-state index contributed by atoms with van der Waals surface area (Å²) < 4.78 is 26.9. The molecule has 0 atom stereocenters. The molecule has 1 rings (SSSR count). The maximum absolute atomic E-state index is 11.5. The van der Waals surface area contributed by atoms with Crippen molar-refractivity contribution in [2.75, 3.05) is 12.3 Å². The second-order valence-electron chi connectivity index (χ2n) is 2.74. The molecule has 0 fully saturated rings. The molecular formula is C7H14N4O2S. The lowest BCUT2D eigenvalue weighted by Crippen LogP contribution is -2.23. The van der Waals surface area contributed by atoms with E-state index in [2.05, 4.69) is 9.82 Å². The lowest BCUT2D eigenvalue weighted by atomic mass is 10.6. The number of nitrogens with two attached hydrogens (primary N) is 1. The van der Waals surface area contributed by atoms with Crippen LogP contribution >= 0.6 is 0 Å². The smallest absolute Gasteiger partial charge is 0.245 e. The van der Waals surface area contributed by atoms with E-state index in [1.807, 2.05) is 6.92 Å². The molecule has 0 aliphatic rings. The molecule has 0 bridgehead atoms. The Morgan fingerprint density at radius 2 is 2.21 bits per heavy atom. The molecule has 0 aliphatic carbocycles. The van der Waals surface area contributed by atoms with Gasteiger partial charge in [-0.2, -0.15) is 5.10 Å². The van der Waals surface area contributed by atoms with E-state index in [0.717, 1.165) is 0 Å². The molecular weight excluding hydrogens is 204 g/mol. The molecule has 0 radical (unpaired) electrons. The normalized spacial score (nSPS) is 11.9. The Balaban J connectivity index is 3.12. The molecule has 7 heteroatoms. The van der Waals surface area contributed by atoms with Crippen molar-refractivity contribution in [2.24, 2.45) is 0 Å². The lowest BCUT2D eigenvalue weighted by Gasteiger charge is -2.00. The third-order valence-electron chi connectivity index (χ3n) is 1.70. The number of aromatic nitrogens is 2. The Labute approximate surface area is 83.1 Å². The van der Waals surface area contributed by atoms with Crippen LogP contribution in [0.4, 0.5) is 5.82 Å². The fourth-order valence-corrected chi connectivity index (χ4v) is 2.17. The zero-order valence-corrected chi connectivity index (χ0v) is 9.00. The van der Waals surface area contributed by atoms with Gasteiger partial charge in [-0.3, -0.25) is 4.68 Å². The second kappa shape index (κ2) is 3.97. The van der Waals surface area contributed by atoms with Crippen LogP contribution in [-0.2, 0) is 16.6 Å². The number of nitrogens with one attached hydrogen (secondary N) is 1. The van der Waals surface area contributed by atoms with E-state index in [0.29, 0.717) is 13.1 Å². The van der Waals surface area contributed by atoms with Crippen molar-refractivity contribution < 1.29 is 8.42 Å². The van der Waals surface area contributed by atoms with Gasteiger partial charge in [-0.25, -0.2) is 13.1 Å². The Bertz CT molecular complexity index is 409. The molecule has 3 N–H and O–H groups in total. The molecule has 0 amide bonds. The fraction of sp³-hybridized carbons (Fsp3) is 0.571. The summed E-state index contributed by atoms with van der Waals surface area (Å²) in [6.45, 7) is 4.49. The van der Waals surface area contributed by atoms with Crippen molar-refractivity contribution in [3.05, 3.63) is 6.20 Å². The van der Waals surface area contributed by atoms with Crippen molar-refractivity contribution >= 4 is 15.8 Å². The van der Waals surface area contributed by atoms with Crippen molar-refractivity contribution in [2.45, 2.75) is 25.3 Å². The van der Waals surface area contributed by atoms with E-state index in [1.54, 1.807) is 6.92 Å². The predicted octanol–water partition coefficient (Wildman–Crippen LogP) is -0.217. The second-order valence-corrected chi connectivity index (χ2v) is 4.47. The highest BCUT2D eigenvalue weighted by Gasteiger charge is 2.19. The third-order valence-corrected chi connectivity index (χ3v) is 3.27. The van der Waals surface area contributed by atoms with Crippen molar-refractivity contribution in [3.63, 3.8) is 0 Å². The minimum Gasteiger partial charge on any atom is -0.381 e. The summed E-state index contributed by atoms with van der Waals surface area (Å²) in [5, 5.41) is 3.85. The van der Waals surface area contributed by atoms with Crippen LogP contribution in [0.3, 0.4) is 0 Å². The fourth-order valence-electron chi connectivity index (χ4n) is 1.05. The topological polar surface area (TPSA) is 90.0 Å². The van der Waals surface area contributed by atoms with Crippen LogP contribution in [0.1, 0.15) is 13.8 Å². The first-order valence-corrected chi connectivity index (χ1v) is 5.82. The average Bonchev–Trinajstić information content (AvgIpc) is 2.47. The van der Waals surface area contributed by atoms with Crippen molar-refractivity contribution in [3.8, 4) is 0 Å². The highest BCUT2D eigenvalue weighted by atomic mass is 32.2. The summed E-state index contributed by atoms with van der Waals surface area (Å²) in [5.41, 5.74) is 5.48. The van der Waals surface area contributed by atoms with E-state index in [1.165, 1.54) is 10.9 Å². The number of anilines is 1. The van der Waals surface area contributed by atoms with Gasteiger partial charge in [0.05, 0.1) is 0 Å². The maximum atomic E-state index is 11.5. The van der Waals surface area contributed by atoms with Crippen LogP contribution in [0, 0.1) is 0 Å². The molecule has 0 saturated carbocycles. The van der Waals surface area contributed by atoms with Gasteiger partial charge >= 0.3 is 0 Å². The number of nitrogen functional groups attached to an aromatic ring is 1. The van der Waals surface area contributed by atoms with Gasteiger partial charge in [0, 0.05) is 19.3 Å². The van der Waals surface area contributed by atoms with Crippen LogP contribution in [0.25, 0.3) is 0 Å². The Morgan fingerprint density at radius 1 is 1.57 bits per heavy atom. The van der Waals surface area contributed by atoms with E-state index in [-0.39, 0.29) is 10.7 Å². The highest BCUT2D eigenvalue weighted by Crippen LogP contribution is 2.15. The quantitative estimate of drug-likeness (QED) is 0.731. The number of sulfonamides is 1. The first-order chi connectivity index (χ1) is 6.51. The molecule has 0 saturated heterocycles. The zero-order chi connectivity index (χ0) is 10.8. The van der Waals surface area contributed by atoms with Gasteiger partial charge in [-0.15, -0.1) is 0 Å². The Morgan fingerprint density at radius 3 is 2.64 bits per heavy atom.